The van der Waals surface area contributed by atoms with E-state index in [4.69, 9.17) is 0 Å². The molecule has 1 nitrogen and oxygen atoms in total. The summed E-state index contributed by atoms with van der Waals surface area (Å²) in [5, 5.41) is 0. The molecule has 0 aliphatic heterocycles. The van der Waals surface area contributed by atoms with Crippen LogP contribution in [0.15, 0.2) is 48.5 Å². The topological polar surface area (TPSA) is 17.1 Å². The maximum absolute atomic E-state index is 14.6. The largest absolute Gasteiger partial charge is 0.298 e. The third-order valence-electron chi connectivity index (χ3n) is 5.44. The summed E-state index contributed by atoms with van der Waals surface area (Å²) in [6.45, 7) is 7.55. The molecule has 2 atom stereocenters. The van der Waals surface area contributed by atoms with Crippen molar-refractivity contribution >= 4 is 5.78 Å². The van der Waals surface area contributed by atoms with Crippen molar-refractivity contribution in [1.29, 1.82) is 0 Å². The fourth-order valence-electron chi connectivity index (χ4n) is 4.17. The molecule has 0 saturated carbocycles. The Hall–Kier alpha value is -2.03. The van der Waals surface area contributed by atoms with Crippen LogP contribution in [0.25, 0.3) is 0 Å². The Morgan fingerprint density at radius 3 is 1.42 bits per heavy atom. The fourth-order valence-corrected chi connectivity index (χ4v) is 4.17. The summed E-state index contributed by atoms with van der Waals surface area (Å²) >= 11 is 0. The van der Waals surface area contributed by atoms with E-state index in [-0.39, 0.29) is 17.4 Å². The Kier molecular flexibility index (Phi) is 6.33. The zero-order valence-corrected chi connectivity index (χ0v) is 16.1. The summed E-state index contributed by atoms with van der Waals surface area (Å²) in [7, 11) is 0. The number of Topliss-reactive ketones (excluding diaryl/α,β-unsaturated/α-hetero) is 1. The van der Waals surface area contributed by atoms with Gasteiger partial charge < -0.3 is 0 Å². The minimum absolute atomic E-state index is 0.121. The zero-order chi connectivity index (χ0) is 19.4. The van der Waals surface area contributed by atoms with E-state index in [1.807, 2.05) is 13.8 Å². The first-order valence-electron chi connectivity index (χ1n) is 9.36. The quantitative estimate of drug-likeness (QED) is 0.537. The summed E-state index contributed by atoms with van der Waals surface area (Å²) < 4.78 is 29.2. The van der Waals surface area contributed by atoms with Gasteiger partial charge in [-0.1, -0.05) is 63.1 Å². The molecule has 0 amide bonds. The Bertz CT molecular complexity index is 707. The average Bonchev–Trinajstić information content (AvgIpc) is 2.62. The molecule has 2 unspecified atom stereocenters. The van der Waals surface area contributed by atoms with Crippen LogP contribution in [0.1, 0.15) is 64.5 Å². The van der Waals surface area contributed by atoms with Crippen LogP contribution >= 0.6 is 0 Å². The Labute approximate surface area is 155 Å². The van der Waals surface area contributed by atoms with Gasteiger partial charge in [0.2, 0.25) is 0 Å². The van der Waals surface area contributed by atoms with E-state index >= 15 is 0 Å². The second kappa shape index (κ2) is 8.11. The smallest absolute Gasteiger partial charge is 0.153 e. The number of hydrogen-bond donors (Lipinski definition) is 0. The maximum Gasteiger partial charge on any atom is 0.153 e. The van der Waals surface area contributed by atoms with E-state index in [9.17, 15) is 13.6 Å². The molecule has 0 heterocycles. The first-order valence-corrected chi connectivity index (χ1v) is 9.36. The summed E-state index contributed by atoms with van der Waals surface area (Å²) in [6, 6.07) is 12.9. The van der Waals surface area contributed by atoms with Gasteiger partial charge in [-0.2, -0.15) is 0 Å². The molecule has 0 N–H and O–H groups in total. The van der Waals surface area contributed by atoms with Crippen molar-refractivity contribution in [3.8, 4) is 0 Å². The van der Waals surface area contributed by atoms with E-state index in [1.165, 1.54) is 12.1 Å². The standard InChI is InChI=1S/C23H28F2O/c1-5-15-22(3,17-11-7-9-13-19(17)24)21(26)23(4,16-6-2)18-12-8-10-14-20(18)25/h7-14H,5-6,15-16H2,1-4H3. The highest BCUT2D eigenvalue weighted by Gasteiger charge is 2.47. The Morgan fingerprint density at radius 2 is 1.12 bits per heavy atom. The highest BCUT2D eigenvalue weighted by molar-refractivity contribution is 5.98. The van der Waals surface area contributed by atoms with Gasteiger partial charge in [-0.15, -0.1) is 0 Å². The van der Waals surface area contributed by atoms with Gasteiger partial charge in [0.05, 0.1) is 10.8 Å². The lowest BCUT2D eigenvalue weighted by Crippen LogP contribution is -2.47. The van der Waals surface area contributed by atoms with Crippen molar-refractivity contribution in [1.82, 2.24) is 0 Å². The van der Waals surface area contributed by atoms with Crippen LogP contribution in [0.5, 0.6) is 0 Å². The molecule has 0 saturated heterocycles. The Balaban J connectivity index is 2.65. The number of hydrogen-bond acceptors (Lipinski definition) is 1. The van der Waals surface area contributed by atoms with Crippen molar-refractivity contribution in [2.45, 2.75) is 64.2 Å². The first kappa shape index (κ1) is 20.3. The molecule has 140 valence electrons. The van der Waals surface area contributed by atoms with Crippen LogP contribution in [0.3, 0.4) is 0 Å². The van der Waals surface area contributed by atoms with Crippen molar-refractivity contribution in [2.75, 3.05) is 0 Å². The molecular weight excluding hydrogens is 330 g/mol. The molecule has 0 spiro atoms. The summed E-state index contributed by atoms with van der Waals surface area (Å²) in [5.74, 6) is -0.891. The number of carbonyl (C=O) groups is 1. The van der Waals surface area contributed by atoms with E-state index < -0.39 is 10.8 Å². The molecule has 2 aromatic carbocycles. The number of carbonyl (C=O) groups excluding carboxylic acids is 1. The van der Waals surface area contributed by atoms with Crippen molar-refractivity contribution < 1.29 is 13.6 Å². The van der Waals surface area contributed by atoms with Crippen molar-refractivity contribution in [3.63, 3.8) is 0 Å². The predicted molar refractivity (Wildman–Crippen MR) is 102 cm³/mol. The van der Waals surface area contributed by atoms with Gasteiger partial charge in [-0.05, 0) is 38.8 Å². The SMILES string of the molecule is CCCC(C)(C(=O)C(C)(CCC)c1ccccc1F)c1ccccc1F. The number of rotatable bonds is 8. The maximum atomic E-state index is 14.6. The molecule has 3 heteroatoms. The van der Waals surface area contributed by atoms with Gasteiger partial charge in [-0.25, -0.2) is 8.78 Å². The second-order valence-electron chi connectivity index (χ2n) is 7.45. The van der Waals surface area contributed by atoms with Crippen molar-refractivity contribution in [2.24, 2.45) is 0 Å². The van der Waals surface area contributed by atoms with Crippen LogP contribution < -0.4 is 0 Å². The second-order valence-corrected chi connectivity index (χ2v) is 7.45. The lowest BCUT2D eigenvalue weighted by molar-refractivity contribution is -0.130. The zero-order valence-electron chi connectivity index (χ0n) is 16.1. The number of ketones is 1. The van der Waals surface area contributed by atoms with E-state index in [1.54, 1.807) is 50.2 Å². The molecule has 0 aliphatic rings. The summed E-state index contributed by atoms with van der Waals surface area (Å²) in [4.78, 5) is 13.8. The first-order chi connectivity index (χ1) is 12.3. The molecule has 2 aromatic rings. The van der Waals surface area contributed by atoms with E-state index in [2.05, 4.69) is 0 Å². The van der Waals surface area contributed by atoms with Crippen LogP contribution in [0.4, 0.5) is 8.78 Å². The number of benzene rings is 2. The van der Waals surface area contributed by atoms with E-state index in [0.29, 0.717) is 24.0 Å². The third-order valence-corrected chi connectivity index (χ3v) is 5.44. The molecule has 0 aliphatic carbocycles. The lowest BCUT2D eigenvalue weighted by Gasteiger charge is -2.39. The minimum Gasteiger partial charge on any atom is -0.298 e. The predicted octanol–water partition coefficient (Wildman–Crippen LogP) is 6.35. The fraction of sp³-hybridized carbons (Fsp3) is 0.435. The lowest BCUT2D eigenvalue weighted by atomic mass is 9.62. The summed E-state index contributed by atoms with van der Waals surface area (Å²) in [5.41, 5.74) is -1.23. The van der Waals surface area contributed by atoms with Gasteiger partial charge in [0, 0.05) is 11.1 Å². The monoisotopic (exact) mass is 358 g/mol. The molecule has 26 heavy (non-hydrogen) atoms. The molecule has 0 bridgehead atoms. The number of halogens is 2. The highest BCUT2D eigenvalue weighted by atomic mass is 19.1. The third kappa shape index (κ3) is 3.58. The van der Waals surface area contributed by atoms with E-state index in [0.717, 1.165) is 12.8 Å². The molecular formula is C23H28F2O. The van der Waals surface area contributed by atoms with Crippen LogP contribution in [0, 0.1) is 11.6 Å². The van der Waals surface area contributed by atoms with Gasteiger partial charge in [0.1, 0.15) is 11.6 Å². The van der Waals surface area contributed by atoms with Gasteiger partial charge in [0.15, 0.2) is 5.78 Å². The molecule has 0 fully saturated rings. The van der Waals surface area contributed by atoms with Crippen molar-refractivity contribution in [3.05, 3.63) is 71.3 Å². The van der Waals surface area contributed by atoms with Gasteiger partial charge >= 0.3 is 0 Å². The molecule has 0 aromatic heterocycles. The Morgan fingerprint density at radius 1 is 0.769 bits per heavy atom. The minimum atomic E-state index is -1.01. The normalized spacial score (nSPS) is 15.9. The van der Waals surface area contributed by atoms with Crippen LogP contribution in [-0.2, 0) is 15.6 Å². The van der Waals surface area contributed by atoms with Crippen LogP contribution in [0.2, 0.25) is 0 Å². The summed E-state index contributed by atoms with van der Waals surface area (Å²) in [6.07, 6.45) is 2.49. The van der Waals surface area contributed by atoms with Crippen LogP contribution in [-0.4, -0.2) is 5.78 Å². The highest BCUT2D eigenvalue weighted by Crippen LogP contribution is 2.42. The molecule has 2 rings (SSSR count). The van der Waals surface area contributed by atoms with Gasteiger partial charge in [-0.3, -0.25) is 4.79 Å². The molecule has 0 radical (unpaired) electrons. The van der Waals surface area contributed by atoms with Gasteiger partial charge in [0.25, 0.3) is 0 Å². The average molecular weight is 358 g/mol.